The van der Waals surface area contributed by atoms with Crippen molar-refractivity contribution < 1.29 is 38.0 Å². The number of ether oxygens (including phenoxy) is 6. The molecule has 0 N–H and O–H groups in total. The third-order valence-corrected chi connectivity index (χ3v) is 6.81. The van der Waals surface area contributed by atoms with Gasteiger partial charge in [-0.05, 0) is 93.1 Å². The number of hydrogen-bond donors (Lipinski definition) is 0. The molecule has 0 amide bonds. The Morgan fingerprint density at radius 1 is 0.692 bits per heavy atom. The zero-order valence-corrected chi connectivity index (χ0v) is 22.4. The zero-order chi connectivity index (χ0) is 27.5. The molecule has 0 radical (unpaired) electrons. The molecule has 2 aliphatic heterocycles. The fourth-order valence-electron chi connectivity index (χ4n) is 3.80. The minimum Gasteiger partial charge on any atom is -0.493 e. The molecule has 8 nitrogen and oxygen atoms in total. The van der Waals surface area contributed by atoms with E-state index in [4.69, 9.17) is 28.4 Å². The summed E-state index contributed by atoms with van der Waals surface area (Å²) in [5.74, 6) is 1.10. The van der Waals surface area contributed by atoms with Gasteiger partial charge in [0.1, 0.15) is 23.0 Å². The monoisotopic (exact) mass is 532 g/mol. The third-order valence-electron chi connectivity index (χ3n) is 6.81. The second kappa shape index (κ2) is 11.1. The van der Waals surface area contributed by atoms with E-state index in [9.17, 15) is 9.59 Å². The fourth-order valence-corrected chi connectivity index (χ4v) is 3.80. The third kappa shape index (κ3) is 7.37. The Labute approximate surface area is 227 Å². The molecular weight excluding hydrogens is 500 g/mol. The highest BCUT2D eigenvalue weighted by Crippen LogP contribution is 2.31. The van der Waals surface area contributed by atoms with Crippen LogP contribution in [0, 0.1) is 6.92 Å². The van der Waals surface area contributed by atoms with Crippen molar-refractivity contribution in [2.24, 2.45) is 0 Å². The van der Waals surface area contributed by atoms with E-state index in [0.717, 1.165) is 26.1 Å². The van der Waals surface area contributed by atoms with Crippen LogP contribution < -0.4 is 18.9 Å². The van der Waals surface area contributed by atoms with Gasteiger partial charge in [-0.2, -0.15) is 0 Å². The van der Waals surface area contributed by atoms with E-state index in [1.165, 1.54) is 0 Å². The first-order valence-corrected chi connectivity index (χ1v) is 13.0. The molecule has 2 unspecified atom stereocenters. The van der Waals surface area contributed by atoms with E-state index in [0.29, 0.717) is 52.9 Å². The smallest absolute Gasteiger partial charge is 0.343 e. The van der Waals surface area contributed by atoms with Crippen molar-refractivity contribution >= 4 is 11.9 Å². The molecule has 0 saturated carbocycles. The summed E-state index contributed by atoms with van der Waals surface area (Å²) in [5.41, 5.74) is 1.34. The van der Waals surface area contributed by atoms with E-state index in [1.54, 1.807) is 73.7 Å². The molecule has 2 saturated heterocycles. The van der Waals surface area contributed by atoms with E-state index in [2.05, 4.69) is 13.8 Å². The van der Waals surface area contributed by atoms with Crippen LogP contribution >= 0.6 is 0 Å². The van der Waals surface area contributed by atoms with Gasteiger partial charge in [0.25, 0.3) is 0 Å². The van der Waals surface area contributed by atoms with Crippen LogP contribution in [0.2, 0.25) is 0 Å². The average molecular weight is 533 g/mol. The molecule has 0 bridgehead atoms. The number of aryl methyl sites for hydroxylation is 1. The number of esters is 2. The topological polar surface area (TPSA) is 96.1 Å². The van der Waals surface area contributed by atoms with Gasteiger partial charge in [-0.1, -0.05) is 0 Å². The molecule has 39 heavy (non-hydrogen) atoms. The van der Waals surface area contributed by atoms with Crippen LogP contribution in [0.15, 0.2) is 66.7 Å². The first-order chi connectivity index (χ1) is 18.7. The number of epoxide rings is 2. The summed E-state index contributed by atoms with van der Waals surface area (Å²) in [5, 5.41) is 0. The molecule has 5 rings (SSSR count). The van der Waals surface area contributed by atoms with Gasteiger partial charge in [0.15, 0.2) is 0 Å². The van der Waals surface area contributed by atoms with Crippen LogP contribution in [-0.2, 0) is 9.47 Å². The van der Waals surface area contributed by atoms with Crippen LogP contribution in [0.25, 0.3) is 0 Å². The highest BCUT2D eigenvalue weighted by molar-refractivity contribution is 5.92. The Bertz CT molecular complexity index is 1320. The van der Waals surface area contributed by atoms with Crippen molar-refractivity contribution in [3.8, 4) is 23.0 Å². The molecule has 3 aromatic rings. The largest absolute Gasteiger partial charge is 0.493 e. The summed E-state index contributed by atoms with van der Waals surface area (Å²) in [4.78, 5) is 25.2. The number of rotatable bonds is 12. The highest BCUT2D eigenvalue weighted by Gasteiger charge is 2.39. The van der Waals surface area contributed by atoms with Crippen molar-refractivity contribution in [1.82, 2.24) is 0 Å². The molecular formula is C31H32O8. The SMILES string of the molecule is Cc1cc(OC(=O)c2ccc(OCCC3(C)CO3)cc2)ccc1OC(=O)c1ccc(OCCC2(C)CO2)cc1. The number of benzene rings is 3. The maximum Gasteiger partial charge on any atom is 0.343 e. The zero-order valence-electron chi connectivity index (χ0n) is 22.4. The molecule has 204 valence electrons. The van der Waals surface area contributed by atoms with Crippen LogP contribution in [0.3, 0.4) is 0 Å². The minimum atomic E-state index is -0.495. The van der Waals surface area contributed by atoms with Gasteiger partial charge in [-0.3, -0.25) is 0 Å². The first kappa shape index (κ1) is 26.7. The quantitative estimate of drug-likeness (QED) is 0.170. The summed E-state index contributed by atoms with van der Waals surface area (Å²) in [6, 6.07) is 18.5. The van der Waals surface area contributed by atoms with Gasteiger partial charge in [0.05, 0.1) is 48.8 Å². The molecule has 0 aliphatic carbocycles. The first-order valence-electron chi connectivity index (χ1n) is 13.0. The van der Waals surface area contributed by atoms with E-state index in [-0.39, 0.29) is 11.2 Å². The van der Waals surface area contributed by atoms with E-state index >= 15 is 0 Å². The van der Waals surface area contributed by atoms with Gasteiger partial charge in [0, 0.05) is 12.8 Å². The molecule has 0 spiro atoms. The van der Waals surface area contributed by atoms with Gasteiger partial charge in [0.2, 0.25) is 0 Å². The minimum absolute atomic E-state index is 0.0548. The molecule has 8 heteroatoms. The van der Waals surface area contributed by atoms with Crippen molar-refractivity contribution in [2.45, 2.75) is 44.8 Å². The lowest BCUT2D eigenvalue weighted by Crippen LogP contribution is -2.12. The normalized spacial score (nSPS) is 21.1. The number of carbonyl (C=O) groups is 2. The van der Waals surface area contributed by atoms with Crippen LogP contribution in [0.5, 0.6) is 23.0 Å². The van der Waals surface area contributed by atoms with Crippen molar-refractivity contribution in [3.63, 3.8) is 0 Å². The highest BCUT2D eigenvalue weighted by atomic mass is 16.6. The maximum atomic E-state index is 12.6. The predicted octanol–water partition coefficient (Wildman–Crippen LogP) is 5.55. The standard InChI is InChI=1S/C31H32O8/c1-21-18-26(38-28(32)22-4-8-24(9-5-22)34-16-14-30(2)19-36-30)12-13-27(21)39-29(33)23-6-10-25(11-7-23)35-17-15-31(3)20-37-31/h4-13,18H,14-17,19-20H2,1-3H3. The van der Waals surface area contributed by atoms with E-state index < -0.39 is 11.9 Å². The van der Waals surface area contributed by atoms with Crippen molar-refractivity contribution in [1.29, 1.82) is 0 Å². The second-order valence-corrected chi connectivity index (χ2v) is 10.4. The molecule has 0 aromatic heterocycles. The molecule has 3 aromatic carbocycles. The summed E-state index contributed by atoms with van der Waals surface area (Å²) in [7, 11) is 0. The summed E-state index contributed by atoms with van der Waals surface area (Å²) in [6.07, 6.45) is 1.64. The van der Waals surface area contributed by atoms with Crippen LogP contribution in [-0.4, -0.2) is 49.6 Å². The van der Waals surface area contributed by atoms with Gasteiger partial charge >= 0.3 is 11.9 Å². The summed E-state index contributed by atoms with van der Waals surface area (Å²) >= 11 is 0. The van der Waals surface area contributed by atoms with Crippen molar-refractivity contribution in [3.05, 3.63) is 83.4 Å². The summed E-state index contributed by atoms with van der Waals surface area (Å²) < 4.78 is 33.2. The van der Waals surface area contributed by atoms with Crippen LogP contribution in [0.4, 0.5) is 0 Å². The van der Waals surface area contributed by atoms with Gasteiger partial charge < -0.3 is 28.4 Å². The van der Waals surface area contributed by atoms with E-state index in [1.807, 2.05) is 0 Å². The lowest BCUT2D eigenvalue weighted by molar-refractivity contribution is 0.0718. The lowest BCUT2D eigenvalue weighted by atomic mass is 10.1. The second-order valence-electron chi connectivity index (χ2n) is 10.4. The Balaban J connectivity index is 1.10. The Kier molecular flexibility index (Phi) is 7.59. The average Bonchev–Trinajstić information content (AvgIpc) is 3.85. The summed E-state index contributed by atoms with van der Waals surface area (Å²) in [6.45, 7) is 8.51. The van der Waals surface area contributed by atoms with Crippen molar-refractivity contribution in [2.75, 3.05) is 26.4 Å². The maximum absolute atomic E-state index is 12.6. The van der Waals surface area contributed by atoms with Gasteiger partial charge in [-0.15, -0.1) is 0 Å². The molecule has 2 atom stereocenters. The molecule has 2 fully saturated rings. The Morgan fingerprint density at radius 2 is 1.13 bits per heavy atom. The number of hydrogen-bond acceptors (Lipinski definition) is 8. The molecule has 2 heterocycles. The predicted molar refractivity (Wildman–Crippen MR) is 143 cm³/mol. The van der Waals surface area contributed by atoms with Crippen LogP contribution in [0.1, 0.15) is 53.0 Å². The Morgan fingerprint density at radius 3 is 1.56 bits per heavy atom. The fraction of sp³-hybridized carbons (Fsp3) is 0.355. The van der Waals surface area contributed by atoms with Gasteiger partial charge in [-0.25, -0.2) is 9.59 Å². The number of carbonyl (C=O) groups excluding carboxylic acids is 2. The Hall–Kier alpha value is -3.88. The molecule has 2 aliphatic rings. The lowest BCUT2D eigenvalue weighted by Gasteiger charge is -2.11.